The molecule has 2 N–H and O–H groups in total. The van der Waals surface area contributed by atoms with Crippen molar-refractivity contribution in [2.75, 3.05) is 26.2 Å². The first-order valence-electron chi connectivity index (χ1n) is 5.51. The van der Waals surface area contributed by atoms with Crippen molar-refractivity contribution in [3.8, 4) is 0 Å². The van der Waals surface area contributed by atoms with Crippen molar-refractivity contribution in [2.45, 2.75) is 18.4 Å². The van der Waals surface area contributed by atoms with Gasteiger partial charge in [-0.05, 0) is 31.8 Å². The van der Waals surface area contributed by atoms with Crippen LogP contribution in [0, 0.1) is 5.92 Å². The normalized spacial score (nSPS) is 38.9. The number of hydrogen-bond donors (Lipinski definition) is 2. The van der Waals surface area contributed by atoms with Gasteiger partial charge in [-0.3, -0.25) is 10.1 Å². The Morgan fingerprint density at radius 1 is 1.60 bits per heavy atom. The lowest BCUT2D eigenvalue weighted by Crippen LogP contribution is -2.69. The molecule has 84 valence electrons. The summed E-state index contributed by atoms with van der Waals surface area (Å²) in [5, 5.41) is 12.6. The highest BCUT2D eigenvalue weighted by Gasteiger charge is 2.51. The molecule has 3 aliphatic heterocycles. The Labute approximate surface area is 90.0 Å². The van der Waals surface area contributed by atoms with Crippen LogP contribution in [0.5, 0.6) is 0 Å². The lowest BCUT2D eigenvalue weighted by atomic mass is 9.72. The van der Waals surface area contributed by atoms with Gasteiger partial charge in [-0.25, -0.2) is 0 Å². The van der Waals surface area contributed by atoms with Crippen LogP contribution in [-0.4, -0.2) is 47.7 Å². The third kappa shape index (κ3) is 1.68. The van der Waals surface area contributed by atoms with E-state index < -0.39 is 11.5 Å². The Morgan fingerprint density at radius 2 is 2.27 bits per heavy atom. The molecule has 3 rings (SSSR count). The lowest BCUT2D eigenvalue weighted by molar-refractivity contribution is -0.154. The highest BCUT2D eigenvalue weighted by atomic mass is 16.4. The number of carboxylic acid groups (broad SMARTS) is 1. The van der Waals surface area contributed by atoms with Gasteiger partial charge in [0.1, 0.15) is 5.54 Å². The smallest absolute Gasteiger partial charge is 0.325 e. The molecule has 0 radical (unpaired) electrons. The first-order chi connectivity index (χ1) is 7.19. The zero-order chi connectivity index (χ0) is 10.9. The Hall–Kier alpha value is -0.870. The summed E-state index contributed by atoms with van der Waals surface area (Å²) in [6, 6.07) is 0. The Morgan fingerprint density at radius 3 is 2.67 bits per heavy atom. The van der Waals surface area contributed by atoms with Crippen LogP contribution in [0.1, 0.15) is 12.8 Å². The molecule has 3 heterocycles. The second-order valence-electron chi connectivity index (χ2n) is 4.50. The maximum atomic E-state index is 11.4. The molecule has 3 aliphatic rings. The van der Waals surface area contributed by atoms with Crippen LogP contribution < -0.4 is 5.32 Å². The second-order valence-corrected chi connectivity index (χ2v) is 4.50. The summed E-state index contributed by atoms with van der Waals surface area (Å²) < 4.78 is 0. The first kappa shape index (κ1) is 10.6. The van der Waals surface area contributed by atoms with Crippen molar-refractivity contribution in [2.24, 2.45) is 5.92 Å². The van der Waals surface area contributed by atoms with Crippen LogP contribution in [0.15, 0.2) is 12.7 Å². The van der Waals surface area contributed by atoms with Crippen molar-refractivity contribution < 1.29 is 9.90 Å². The molecule has 0 aromatic rings. The number of nitrogens with one attached hydrogen (secondary N) is 1. The molecule has 0 saturated carbocycles. The van der Waals surface area contributed by atoms with E-state index in [2.05, 4.69) is 16.8 Å². The van der Waals surface area contributed by atoms with Gasteiger partial charge in [-0.2, -0.15) is 0 Å². The molecule has 0 aliphatic carbocycles. The predicted octanol–water partition coefficient (Wildman–Crippen LogP) is 0.311. The van der Waals surface area contributed by atoms with Crippen molar-refractivity contribution in [1.82, 2.24) is 10.2 Å². The van der Waals surface area contributed by atoms with E-state index in [1.165, 1.54) is 0 Å². The number of nitrogens with zero attached hydrogens (tertiary/aromatic N) is 1. The summed E-state index contributed by atoms with van der Waals surface area (Å²) in [5.74, 6) is -0.432. The quantitative estimate of drug-likeness (QED) is 0.656. The molecule has 0 aromatic carbocycles. The van der Waals surface area contributed by atoms with Crippen LogP contribution >= 0.6 is 0 Å². The predicted molar refractivity (Wildman–Crippen MR) is 57.7 cm³/mol. The van der Waals surface area contributed by atoms with Gasteiger partial charge in [0.25, 0.3) is 0 Å². The van der Waals surface area contributed by atoms with Crippen LogP contribution in [0.3, 0.4) is 0 Å². The molecule has 0 aromatic heterocycles. The van der Waals surface area contributed by atoms with Gasteiger partial charge in [-0.15, -0.1) is 6.58 Å². The highest BCUT2D eigenvalue weighted by Crippen LogP contribution is 2.35. The summed E-state index contributed by atoms with van der Waals surface area (Å²) in [6.07, 6.45) is 3.72. The van der Waals surface area contributed by atoms with Crippen LogP contribution in [-0.2, 0) is 4.79 Å². The van der Waals surface area contributed by atoms with Gasteiger partial charge in [0.15, 0.2) is 0 Å². The molecule has 4 heteroatoms. The van der Waals surface area contributed by atoms with E-state index >= 15 is 0 Å². The Bertz CT molecular complexity index is 272. The number of carboxylic acids is 1. The number of fused-ring (bicyclic) bond motifs is 3. The van der Waals surface area contributed by atoms with Gasteiger partial charge >= 0.3 is 5.97 Å². The number of piperidine rings is 3. The number of rotatable bonds is 4. The van der Waals surface area contributed by atoms with E-state index in [4.69, 9.17) is 0 Å². The summed E-state index contributed by atoms with van der Waals surface area (Å²) in [4.78, 5) is 13.7. The fraction of sp³-hybridized carbons (Fsp3) is 0.727. The summed E-state index contributed by atoms with van der Waals surface area (Å²) in [6.45, 7) is 6.94. The maximum absolute atomic E-state index is 11.4. The zero-order valence-electron chi connectivity index (χ0n) is 8.91. The topological polar surface area (TPSA) is 52.6 Å². The summed E-state index contributed by atoms with van der Waals surface area (Å²) in [7, 11) is 0. The van der Waals surface area contributed by atoms with Gasteiger partial charge in [0.2, 0.25) is 0 Å². The molecule has 4 nitrogen and oxygen atoms in total. The molecule has 0 amide bonds. The average molecular weight is 210 g/mol. The van der Waals surface area contributed by atoms with Crippen LogP contribution in [0.4, 0.5) is 0 Å². The van der Waals surface area contributed by atoms with Gasteiger partial charge in [0.05, 0.1) is 0 Å². The van der Waals surface area contributed by atoms with E-state index in [0.29, 0.717) is 13.1 Å². The summed E-state index contributed by atoms with van der Waals surface area (Å²) >= 11 is 0. The van der Waals surface area contributed by atoms with Crippen LogP contribution in [0.2, 0.25) is 0 Å². The second kappa shape index (κ2) is 3.94. The van der Waals surface area contributed by atoms with Crippen molar-refractivity contribution in [3.63, 3.8) is 0 Å². The number of hydrogen-bond acceptors (Lipinski definition) is 3. The molecule has 3 fully saturated rings. The minimum absolute atomic E-state index is 0.278. The Kier molecular flexibility index (Phi) is 2.80. The standard InChI is InChI=1S/C11H18N2O2/c1-2-5-12-11(10(14)15)8-13-6-3-9(11)4-7-13/h2,9,12H,1,3-8H2,(H,14,15). The molecule has 3 saturated heterocycles. The van der Waals surface area contributed by atoms with Crippen molar-refractivity contribution in [1.29, 1.82) is 0 Å². The maximum Gasteiger partial charge on any atom is 0.325 e. The third-order valence-electron chi connectivity index (χ3n) is 3.70. The first-order valence-corrected chi connectivity index (χ1v) is 5.51. The summed E-state index contributed by atoms with van der Waals surface area (Å²) in [5.41, 5.74) is -0.731. The Balaban J connectivity index is 2.18. The van der Waals surface area contributed by atoms with Gasteiger partial charge in [0, 0.05) is 13.1 Å². The van der Waals surface area contributed by atoms with E-state index in [0.717, 1.165) is 25.9 Å². The van der Waals surface area contributed by atoms with Gasteiger partial charge < -0.3 is 10.0 Å². The molecule has 2 bridgehead atoms. The molecular weight excluding hydrogens is 192 g/mol. The fourth-order valence-electron chi connectivity index (χ4n) is 2.84. The molecule has 1 unspecified atom stereocenters. The van der Waals surface area contributed by atoms with E-state index in [1.54, 1.807) is 6.08 Å². The third-order valence-corrected chi connectivity index (χ3v) is 3.70. The average Bonchev–Trinajstić information content (AvgIpc) is 2.27. The monoisotopic (exact) mass is 210 g/mol. The zero-order valence-corrected chi connectivity index (χ0v) is 8.91. The van der Waals surface area contributed by atoms with E-state index in [9.17, 15) is 9.90 Å². The number of aliphatic carboxylic acids is 1. The van der Waals surface area contributed by atoms with E-state index in [1.807, 2.05) is 0 Å². The minimum atomic E-state index is -0.731. The largest absolute Gasteiger partial charge is 0.480 e. The molecule has 0 spiro atoms. The van der Waals surface area contributed by atoms with E-state index in [-0.39, 0.29) is 5.92 Å². The van der Waals surface area contributed by atoms with Crippen LogP contribution in [0.25, 0.3) is 0 Å². The lowest BCUT2D eigenvalue weighted by Gasteiger charge is -2.51. The highest BCUT2D eigenvalue weighted by molar-refractivity contribution is 5.80. The van der Waals surface area contributed by atoms with Crippen molar-refractivity contribution >= 4 is 5.97 Å². The molecular formula is C11H18N2O2. The SMILES string of the molecule is C=CCNC1(C(=O)O)CN2CCC1CC2. The van der Waals surface area contributed by atoms with Gasteiger partial charge in [-0.1, -0.05) is 6.08 Å². The molecule has 1 atom stereocenters. The minimum Gasteiger partial charge on any atom is -0.480 e. The molecule has 15 heavy (non-hydrogen) atoms. The number of carbonyl (C=O) groups is 1. The van der Waals surface area contributed by atoms with Crippen molar-refractivity contribution in [3.05, 3.63) is 12.7 Å². The fourth-order valence-corrected chi connectivity index (χ4v) is 2.84.